The monoisotopic (exact) mass is 202 g/mol. The molecule has 0 aliphatic carbocycles. The summed E-state index contributed by atoms with van der Waals surface area (Å²) in [5, 5.41) is 0. The summed E-state index contributed by atoms with van der Waals surface area (Å²) in [5.41, 5.74) is 3.18. The van der Waals surface area contributed by atoms with E-state index < -0.39 is 0 Å². The summed E-state index contributed by atoms with van der Waals surface area (Å²) in [6.07, 6.45) is 8.87. The van der Waals surface area contributed by atoms with Crippen LogP contribution in [-0.2, 0) is 6.42 Å². The van der Waals surface area contributed by atoms with E-state index in [9.17, 15) is 0 Å². The Kier molecular flexibility index (Phi) is 4.75. The Balaban J connectivity index is 2.90. The summed E-state index contributed by atoms with van der Waals surface area (Å²) in [7, 11) is 0. The lowest BCUT2D eigenvalue weighted by molar-refractivity contribution is 0.794. The first-order valence-electron chi connectivity index (χ1n) is 5.38. The van der Waals surface area contributed by atoms with Gasteiger partial charge < -0.3 is 0 Å². The van der Waals surface area contributed by atoms with E-state index in [2.05, 4.69) is 23.5 Å². The second kappa shape index (κ2) is 6.12. The van der Waals surface area contributed by atoms with Gasteiger partial charge in [0, 0.05) is 11.9 Å². The lowest BCUT2D eigenvalue weighted by Crippen LogP contribution is -1.89. The summed E-state index contributed by atoms with van der Waals surface area (Å²) in [6, 6.07) is 2.05. The first-order valence-corrected chi connectivity index (χ1v) is 5.38. The van der Waals surface area contributed by atoms with Crippen LogP contribution in [0.3, 0.4) is 0 Å². The van der Waals surface area contributed by atoms with Gasteiger partial charge in [-0.2, -0.15) is 0 Å². The molecule has 0 amide bonds. The van der Waals surface area contributed by atoms with Crippen molar-refractivity contribution in [2.45, 2.75) is 33.1 Å². The molecule has 0 spiro atoms. The largest absolute Gasteiger partial charge is 0.262 e. The topological polar surface area (TPSA) is 25.2 Å². The molecule has 0 aromatic carbocycles. The van der Waals surface area contributed by atoms with Crippen molar-refractivity contribution in [3.05, 3.63) is 36.7 Å². The van der Waals surface area contributed by atoms with Crippen molar-refractivity contribution in [1.82, 2.24) is 4.98 Å². The Bertz CT molecular complexity index is 353. The van der Waals surface area contributed by atoms with E-state index >= 15 is 0 Å². The molecule has 1 rings (SSSR count). The minimum absolute atomic E-state index is 0.931. The molecule has 0 aliphatic heterocycles. The number of rotatable bonds is 5. The lowest BCUT2D eigenvalue weighted by atomic mass is 10.1. The molecule has 1 aromatic rings. The third kappa shape index (κ3) is 3.66. The standard InChI is InChI=1S/C13H18N2/c1-4-6-7-12-8-9-14-10-13(12)15-11(3)5-2/h5,8-10H,2,4,6-7H2,1,3H3. The van der Waals surface area contributed by atoms with Gasteiger partial charge in [-0.05, 0) is 37.5 Å². The summed E-state index contributed by atoms with van der Waals surface area (Å²) < 4.78 is 0. The minimum Gasteiger partial charge on any atom is -0.262 e. The summed E-state index contributed by atoms with van der Waals surface area (Å²) in [6.45, 7) is 7.84. The van der Waals surface area contributed by atoms with Crippen LogP contribution < -0.4 is 0 Å². The van der Waals surface area contributed by atoms with Crippen LogP contribution in [0, 0.1) is 0 Å². The van der Waals surface area contributed by atoms with Crippen LogP contribution >= 0.6 is 0 Å². The van der Waals surface area contributed by atoms with Crippen molar-refractivity contribution in [3.8, 4) is 0 Å². The highest BCUT2D eigenvalue weighted by atomic mass is 14.8. The summed E-state index contributed by atoms with van der Waals surface area (Å²) in [5.74, 6) is 0. The van der Waals surface area contributed by atoms with Crippen LogP contribution in [0.25, 0.3) is 0 Å². The third-order valence-corrected chi connectivity index (χ3v) is 2.28. The average Bonchev–Trinajstić information content (AvgIpc) is 2.28. The van der Waals surface area contributed by atoms with Gasteiger partial charge in [-0.1, -0.05) is 19.9 Å². The molecule has 0 fully saturated rings. The molecule has 0 atom stereocenters. The molecule has 0 saturated carbocycles. The molecule has 0 N–H and O–H groups in total. The number of aromatic nitrogens is 1. The van der Waals surface area contributed by atoms with Crippen LogP contribution in [0.5, 0.6) is 0 Å². The van der Waals surface area contributed by atoms with Crippen LogP contribution in [0.15, 0.2) is 36.1 Å². The van der Waals surface area contributed by atoms with E-state index in [1.165, 1.54) is 18.4 Å². The third-order valence-electron chi connectivity index (χ3n) is 2.28. The number of aryl methyl sites for hydroxylation is 1. The lowest BCUT2D eigenvalue weighted by Gasteiger charge is -2.04. The summed E-state index contributed by atoms with van der Waals surface area (Å²) >= 11 is 0. The molecule has 80 valence electrons. The fraction of sp³-hybridized carbons (Fsp3) is 0.385. The average molecular weight is 202 g/mol. The molecule has 2 nitrogen and oxygen atoms in total. The van der Waals surface area contributed by atoms with Crippen LogP contribution in [0.4, 0.5) is 5.69 Å². The molecule has 1 heterocycles. The quantitative estimate of drug-likeness (QED) is 0.668. The highest BCUT2D eigenvalue weighted by Crippen LogP contribution is 2.19. The molecule has 0 unspecified atom stereocenters. The van der Waals surface area contributed by atoms with Gasteiger partial charge in [-0.3, -0.25) is 9.98 Å². The normalized spacial score (nSPS) is 11.5. The predicted octanol–water partition coefficient (Wildman–Crippen LogP) is 3.70. The Morgan fingerprint density at radius 2 is 2.40 bits per heavy atom. The van der Waals surface area contributed by atoms with E-state index in [0.29, 0.717) is 0 Å². The minimum atomic E-state index is 0.931. The maximum absolute atomic E-state index is 4.47. The first kappa shape index (κ1) is 11.6. The molecule has 0 radical (unpaired) electrons. The Morgan fingerprint density at radius 1 is 1.60 bits per heavy atom. The van der Waals surface area contributed by atoms with Gasteiger partial charge in [0.05, 0.1) is 11.9 Å². The van der Waals surface area contributed by atoms with Gasteiger partial charge in [-0.25, -0.2) is 0 Å². The van der Waals surface area contributed by atoms with Crippen molar-refractivity contribution in [2.24, 2.45) is 4.99 Å². The zero-order valence-electron chi connectivity index (χ0n) is 9.53. The number of allylic oxidation sites excluding steroid dienone is 1. The van der Waals surface area contributed by atoms with Crippen molar-refractivity contribution >= 4 is 11.4 Å². The Hall–Kier alpha value is -1.44. The molecule has 2 heteroatoms. The number of pyridine rings is 1. The molecular weight excluding hydrogens is 184 g/mol. The second-order valence-corrected chi connectivity index (χ2v) is 3.57. The van der Waals surface area contributed by atoms with E-state index in [1.807, 2.05) is 25.4 Å². The molecule has 1 aromatic heterocycles. The Labute approximate surface area is 91.8 Å². The number of hydrogen-bond donors (Lipinski definition) is 0. The van der Waals surface area contributed by atoms with Gasteiger partial charge in [0.15, 0.2) is 0 Å². The van der Waals surface area contributed by atoms with Gasteiger partial charge in [0.1, 0.15) is 0 Å². The van der Waals surface area contributed by atoms with E-state index in [0.717, 1.165) is 17.8 Å². The molecule has 15 heavy (non-hydrogen) atoms. The van der Waals surface area contributed by atoms with Crippen molar-refractivity contribution in [3.63, 3.8) is 0 Å². The molecule has 0 aliphatic rings. The van der Waals surface area contributed by atoms with E-state index in [4.69, 9.17) is 0 Å². The van der Waals surface area contributed by atoms with Gasteiger partial charge in [0.2, 0.25) is 0 Å². The number of unbranched alkanes of at least 4 members (excludes halogenated alkanes) is 1. The zero-order chi connectivity index (χ0) is 11.1. The maximum Gasteiger partial charge on any atom is 0.0847 e. The summed E-state index contributed by atoms with van der Waals surface area (Å²) in [4.78, 5) is 8.57. The fourth-order valence-corrected chi connectivity index (χ4v) is 1.33. The predicted molar refractivity (Wildman–Crippen MR) is 65.8 cm³/mol. The smallest absolute Gasteiger partial charge is 0.0847 e. The number of nitrogens with zero attached hydrogens (tertiary/aromatic N) is 2. The molecule has 0 bridgehead atoms. The molecule has 0 saturated heterocycles. The van der Waals surface area contributed by atoms with Crippen LogP contribution in [0.2, 0.25) is 0 Å². The SMILES string of the molecule is C=CC(C)=Nc1cnccc1CCCC. The van der Waals surface area contributed by atoms with Gasteiger partial charge in [-0.15, -0.1) is 0 Å². The highest BCUT2D eigenvalue weighted by molar-refractivity contribution is 5.94. The van der Waals surface area contributed by atoms with E-state index in [1.54, 1.807) is 6.08 Å². The molecular formula is C13H18N2. The first-order chi connectivity index (χ1) is 7.27. The number of aliphatic imine (C=N–C) groups is 1. The fourth-order valence-electron chi connectivity index (χ4n) is 1.33. The zero-order valence-corrected chi connectivity index (χ0v) is 9.53. The van der Waals surface area contributed by atoms with Crippen molar-refractivity contribution in [2.75, 3.05) is 0 Å². The van der Waals surface area contributed by atoms with Gasteiger partial charge >= 0.3 is 0 Å². The number of hydrogen-bond acceptors (Lipinski definition) is 2. The van der Waals surface area contributed by atoms with Crippen molar-refractivity contribution < 1.29 is 0 Å². The van der Waals surface area contributed by atoms with E-state index in [-0.39, 0.29) is 0 Å². The Morgan fingerprint density at radius 3 is 3.07 bits per heavy atom. The van der Waals surface area contributed by atoms with Gasteiger partial charge in [0.25, 0.3) is 0 Å². The highest BCUT2D eigenvalue weighted by Gasteiger charge is 2.00. The van der Waals surface area contributed by atoms with Crippen LogP contribution in [-0.4, -0.2) is 10.7 Å². The van der Waals surface area contributed by atoms with Crippen molar-refractivity contribution in [1.29, 1.82) is 0 Å². The maximum atomic E-state index is 4.47. The second-order valence-electron chi connectivity index (χ2n) is 3.57. The van der Waals surface area contributed by atoms with Crippen LogP contribution in [0.1, 0.15) is 32.3 Å².